The third-order valence-corrected chi connectivity index (χ3v) is 4.92. The lowest BCUT2D eigenvalue weighted by Gasteiger charge is -2.25. The van der Waals surface area contributed by atoms with Crippen LogP contribution in [-0.4, -0.2) is 17.9 Å². The van der Waals surface area contributed by atoms with E-state index < -0.39 is 6.04 Å². The Morgan fingerprint density at radius 2 is 1.88 bits per heavy atom. The molecule has 0 aliphatic heterocycles. The molecule has 0 spiro atoms. The SMILES string of the molecule is CCc1cccc(NC(=O)[C@@H](CC(C)C)NC(=O)C2CCCCC2)c1. The van der Waals surface area contributed by atoms with Crippen molar-refractivity contribution in [3.8, 4) is 0 Å². The van der Waals surface area contributed by atoms with Crippen molar-refractivity contribution in [2.45, 2.75) is 71.8 Å². The van der Waals surface area contributed by atoms with E-state index in [9.17, 15) is 9.59 Å². The lowest BCUT2D eigenvalue weighted by molar-refractivity contribution is -0.130. The first-order chi connectivity index (χ1) is 12.0. The molecule has 2 amide bonds. The van der Waals surface area contributed by atoms with Gasteiger partial charge < -0.3 is 10.6 Å². The molecular weight excluding hydrogens is 312 g/mol. The predicted octanol–water partition coefficient (Wildman–Crippen LogP) is 4.30. The van der Waals surface area contributed by atoms with Crippen LogP contribution >= 0.6 is 0 Å². The molecule has 0 bridgehead atoms. The topological polar surface area (TPSA) is 58.2 Å². The Labute approximate surface area is 151 Å². The van der Waals surface area contributed by atoms with Gasteiger partial charge in [0.15, 0.2) is 0 Å². The summed E-state index contributed by atoms with van der Waals surface area (Å²) in [4.78, 5) is 25.3. The van der Waals surface area contributed by atoms with Gasteiger partial charge in [0.2, 0.25) is 11.8 Å². The molecule has 1 saturated carbocycles. The van der Waals surface area contributed by atoms with Crippen LogP contribution in [0.3, 0.4) is 0 Å². The molecule has 1 aromatic rings. The maximum atomic E-state index is 12.7. The van der Waals surface area contributed by atoms with Crippen LogP contribution < -0.4 is 10.6 Å². The number of amides is 2. The molecule has 1 fully saturated rings. The summed E-state index contributed by atoms with van der Waals surface area (Å²) in [6.07, 6.45) is 6.91. The molecule has 138 valence electrons. The van der Waals surface area contributed by atoms with E-state index in [1.165, 1.54) is 12.0 Å². The van der Waals surface area contributed by atoms with Crippen molar-refractivity contribution >= 4 is 17.5 Å². The summed E-state index contributed by atoms with van der Waals surface area (Å²) in [7, 11) is 0. The first-order valence-electron chi connectivity index (χ1n) is 9.69. The van der Waals surface area contributed by atoms with Gasteiger partial charge in [-0.1, -0.05) is 52.2 Å². The molecule has 2 rings (SSSR count). The maximum absolute atomic E-state index is 12.7. The van der Waals surface area contributed by atoms with E-state index in [1.807, 2.05) is 24.3 Å². The molecule has 4 nitrogen and oxygen atoms in total. The highest BCUT2D eigenvalue weighted by atomic mass is 16.2. The third-order valence-electron chi connectivity index (χ3n) is 4.92. The summed E-state index contributed by atoms with van der Waals surface area (Å²) in [5, 5.41) is 5.99. The second kappa shape index (κ2) is 9.59. The lowest BCUT2D eigenvalue weighted by atomic mass is 9.88. The second-order valence-corrected chi connectivity index (χ2v) is 7.57. The molecule has 4 heteroatoms. The summed E-state index contributed by atoms with van der Waals surface area (Å²) in [5.74, 6) is 0.331. The van der Waals surface area contributed by atoms with Gasteiger partial charge >= 0.3 is 0 Å². The Kier molecular flexibility index (Phi) is 7.48. The van der Waals surface area contributed by atoms with Crippen LogP contribution in [0.1, 0.15) is 64.9 Å². The van der Waals surface area contributed by atoms with E-state index in [2.05, 4.69) is 31.4 Å². The first-order valence-corrected chi connectivity index (χ1v) is 9.69. The fourth-order valence-electron chi connectivity index (χ4n) is 3.46. The van der Waals surface area contributed by atoms with Crippen LogP contribution in [0.2, 0.25) is 0 Å². The summed E-state index contributed by atoms with van der Waals surface area (Å²) in [6.45, 7) is 6.24. The highest BCUT2D eigenvalue weighted by Gasteiger charge is 2.27. The van der Waals surface area contributed by atoms with E-state index in [4.69, 9.17) is 0 Å². The van der Waals surface area contributed by atoms with E-state index in [0.29, 0.717) is 12.3 Å². The van der Waals surface area contributed by atoms with Gasteiger partial charge in [0.05, 0.1) is 0 Å². The Hall–Kier alpha value is -1.84. The van der Waals surface area contributed by atoms with Crippen LogP contribution in [0.25, 0.3) is 0 Å². The van der Waals surface area contributed by atoms with Crippen molar-refractivity contribution in [3.05, 3.63) is 29.8 Å². The smallest absolute Gasteiger partial charge is 0.246 e. The van der Waals surface area contributed by atoms with Crippen molar-refractivity contribution in [1.29, 1.82) is 0 Å². The molecule has 0 saturated heterocycles. The van der Waals surface area contributed by atoms with Gasteiger partial charge in [-0.05, 0) is 49.3 Å². The zero-order chi connectivity index (χ0) is 18.2. The monoisotopic (exact) mass is 344 g/mol. The van der Waals surface area contributed by atoms with Crippen LogP contribution in [0, 0.1) is 11.8 Å². The first kappa shape index (κ1) is 19.5. The predicted molar refractivity (Wildman–Crippen MR) is 102 cm³/mol. The van der Waals surface area contributed by atoms with Gasteiger partial charge in [0.25, 0.3) is 0 Å². The summed E-state index contributed by atoms with van der Waals surface area (Å²) < 4.78 is 0. The fourth-order valence-corrected chi connectivity index (χ4v) is 3.46. The Balaban J connectivity index is 2.01. The number of nitrogens with one attached hydrogen (secondary N) is 2. The molecule has 0 radical (unpaired) electrons. The van der Waals surface area contributed by atoms with Crippen molar-refractivity contribution in [2.24, 2.45) is 11.8 Å². The number of hydrogen-bond donors (Lipinski definition) is 2. The van der Waals surface area contributed by atoms with E-state index in [-0.39, 0.29) is 17.7 Å². The Morgan fingerprint density at radius 3 is 2.52 bits per heavy atom. The minimum absolute atomic E-state index is 0.0443. The van der Waals surface area contributed by atoms with Gasteiger partial charge in [0, 0.05) is 11.6 Å². The minimum atomic E-state index is -0.472. The van der Waals surface area contributed by atoms with Gasteiger partial charge in [0.1, 0.15) is 6.04 Å². The largest absolute Gasteiger partial charge is 0.344 e. The zero-order valence-electron chi connectivity index (χ0n) is 15.8. The Bertz CT molecular complexity index is 577. The highest BCUT2D eigenvalue weighted by molar-refractivity contribution is 5.97. The molecule has 0 unspecified atom stereocenters. The van der Waals surface area contributed by atoms with E-state index in [0.717, 1.165) is 37.8 Å². The molecule has 0 heterocycles. The molecule has 1 aliphatic rings. The third kappa shape index (κ3) is 6.18. The number of anilines is 1. The number of carbonyl (C=O) groups excluding carboxylic acids is 2. The number of rotatable bonds is 7. The normalized spacial score (nSPS) is 16.5. The van der Waals surface area contributed by atoms with Crippen LogP contribution in [0.5, 0.6) is 0 Å². The number of carbonyl (C=O) groups is 2. The van der Waals surface area contributed by atoms with Gasteiger partial charge in [-0.25, -0.2) is 0 Å². The average molecular weight is 344 g/mol. The molecule has 25 heavy (non-hydrogen) atoms. The number of benzene rings is 1. The van der Waals surface area contributed by atoms with Gasteiger partial charge in [-0.3, -0.25) is 9.59 Å². The fraction of sp³-hybridized carbons (Fsp3) is 0.619. The highest BCUT2D eigenvalue weighted by Crippen LogP contribution is 2.24. The van der Waals surface area contributed by atoms with Crippen molar-refractivity contribution in [3.63, 3.8) is 0 Å². The second-order valence-electron chi connectivity index (χ2n) is 7.57. The maximum Gasteiger partial charge on any atom is 0.246 e. The lowest BCUT2D eigenvalue weighted by Crippen LogP contribution is -2.47. The molecule has 1 aromatic carbocycles. The van der Waals surface area contributed by atoms with E-state index in [1.54, 1.807) is 0 Å². The number of hydrogen-bond acceptors (Lipinski definition) is 2. The molecule has 1 atom stereocenters. The summed E-state index contributed by atoms with van der Waals surface area (Å²) in [5.41, 5.74) is 1.98. The average Bonchev–Trinajstić information content (AvgIpc) is 2.61. The molecular formula is C21H32N2O2. The van der Waals surface area contributed by atoms with Crippen LogP contribution in [-0.2, 0) is 16.0 Å². The molecule has 0 aromatic heterocycles. The Morgan fingerprint density at radius 1 is 1.16 bits per heavy atom. The van der Waals surface area contributed by atoms with Crippen LogP contribution in [0.4, 0.5) is 5.69 Å². The van der Waals surface area contributed by atoms with Crippen molar-refractivity contribution in [1.82, 2.24) is 5.32 Å². The summed E-state index contributed by atoms with van der Waals surface area (Å²) >= 11 is 0. The van der Waals surface area contributed by atoms with Gasteiger partial charge in [-0.15, -0.1) is 0 Å². The standard InChI is InChI=1S/C21H32N2O2/c1-4-16-9-8-12-18(14-16)22-21(25)19(13-15(2)3)23-20(24)17-10-6-5-7-11-17/h8-9,12,14-15,17,19H,4-7,10-11,13H2,1-3H3,(H,22,25)(H,23,24)/t19-/m1/s1. The number of aryl methyl sites for hydroxylation is 1. The van der Waals surface area contributed by atoms with Crippen LogP contribution in [0.15, 0.2) is 24.3 Å². The van der Waals surface area contributed by atoms with Crippen molar-refractivity contribution < 1.29 is 9.59 Å². The molecule has 2 N–H and O–H groups in total. The quantitative estimate of drug-likeness (QED) is 0.775. The zero-order valence-corrected chi connectivity index (χ0v) is 15.8. The molecule has 1 aliphatic carbocycles. The van der Waals surface area contributed by atoms with E-state index >= 15 is 0 Å². The minimum Gasteiger partial charge on any atom is -0.344 e. The van der Waals surface area contributed by atoms with Gasteiger partial charge in [-0.2, -0.15) is 0 Å². The summed E-state index contributed by atoms with van der Waals surface area (Å²) in [6, 6.07) is 7.41. The van der Waals surface area contributed by atoms with Crippen molar-refractivity contribution in [2.75, 3.05) is 5.32 Å².